The molecule has 7 atom stereocenters. The zero-order valence-electron chi connectivity index (χ0n) is 18.6. The van der Waals surface area contributed by atoms with Crippen molar-refractivity contribution in [3.8, 4) is 11.8 Å². The van der Waals surface area contributed by atoms with Crippen molar-refractivity contribution in [2.75, 3.05) is 0 Å². The molecule has 3 rings (SSSR count). The fourth-order valence-electron chi connectivity index (χ4n) is 7.74. The Balaban J connectivity index is 1.82. The second-order valence-electron chi connectivity index (χ2n) is 10.9. The molecule has 0 heteroatoms. The maximum absolute atomic E-state index is 3.66. The van der Waals surface area contributed by atoms with Gasteiger partial charge >= 0.3 is 0 Å². The van der Waals surface area contributed by atoms with Gasteiger partial charge in [0.1, 0.15) is 0 Å². The predicted octanol–water partition coefficient (Wildman–Crippen LogP) is 7.87. The van der Waals surface area contributed by atoms with Crippen LogP contribution in [0, 0.1) is 51.8 Å². The quantitative estimate of drug-likeness (QED) is 0.451. The van der Waals surface area contributed by atoms with E-state index in [4.69, 9.17) is 0 Å². The van der Waals surface area contributed by atoms with Crippen LogP contribution in [0.3, 0.4) is 0 Å². The molecular weight excluding hydrogens is 312 g/mol. The SMILES string of the molecule is CCCC#CC1CC[C@]2(C)C3CC[C@](C)(CC)C(CC)C3CC[C@@]2(C)C1. The summed E-state index contributed by atoms with van der Waals surface area (Å²) >= 11 is 0. The molecule has 3 aliphatic rings. The van der Waals surface area contributed by atoms with Crippen molar-refractivity contribution >= 4 is 0 Å². The molecule has 0 radical (unpaired) electrons. The van der Waals surface area contributed by atoms with Gasteiger partial charge in [-0.3, -0.25) is 0 Å². The smallest absolute Gasteiger partial charge is 0.0208 e. The monoisotopic (exact) mass is 356 g/mol. The minimum atomic E-state index is 0.524. The summed E-state index contributed by atoms with van der Waals surface area (Å²) in [5, 5.41) is 0. The Morgan fingerprint density at radius 1 is 0.923 bits per heavy atom. The standard InChI is InChI=1S/C26H44/c1-7-10-11-12-20-13-18-26(6)23-15-16-24(4,9-3)22(8-2)21(23)14-17-25(26,5)19-20/h20-23H,7-10,13-19H2,1-6H3/t20?,21?,22?,23?,24-,25-,26+/m0/s1. The van der Waals surface area contributed by atoms with Crippen LogP contribution < -0.4 is 0 Å². The predicted molar refractivity (Wildman–Crippen MR) is 114 cm³/mol. The van der Waals surface area contributed by atoms with Crippen LogP contribution in [0.5, 0.6) is 0 Å². The van der Waals surface area contributed by atoms with Crippen LogP contribution >= 0.6 is 0 Å². The molecule has 0 amide bonds. The van der Waals surface area contributed by atoms with Crippen LogP contribution in [-0.2, 0) is 0 Å². The third-order valence-corrected chi connectivity index (χ3v) is 9.82. The fraction of sp³-hybridized carbons (Fsp3) is 0.923. The van der Waals surface area contributed by atoms with E-state index in [1.165, 1.54) is 64.2 Å². The number of unbranched alkanes of at least 4 members (excludes halogenated alkanes) is 1. The molecule has 3 saturated carbocycles. The third kappa shape index (κ3) is 3.16. The molecule has 26 heavy (non-hydrogen) atoms. The van der Waals surface area contributed by atoms with Crippen molar-refractivity contribution in [1.82, 2.24) is 0 Å². The molecular formula is C26H44. The average molecular weight is 357 g/mol. The minimum absolute atomic E-state index is 0.524. The Labute approximate surface area is 164 Å². The van der Waals surface area contributed by atoms with Crippen LogP contribution in [0.25, 0.3) is 0 Å². The van der Waals surface area contributed by atoms with Crippen molar-refractivity contribution in [2.45, 2.75) is 112 Å². The molecule has 0 N–H and O–H groups in total. The Morgan fingerprint density at radius 2 is 1.69 bits per heavy atom. The average Bonchev–Trinajstić information content (AvgIpc) is 2.62. The summed E-state index contributed by atoms with van der Waals surface area (Å²) in [4.78, 5) is 0. The first-order valence-electron chi connectivity index (χ1n) is 11.8. The second kappa shape index (κ2) is 7.53. The van der Waals surface area contributed by atoms with Gasteiger partial charge in [-0.2, -0.15) is 0 Å². The van der Waals surface area contributed by atoms with Gasteiger partial charge in [0, 0.05) is 12.3 Å². The number of rotatable bonds is 3. The van der Waals surface area contributed by atoms with E-state index in [9.17, 15) is 0 Å². The van der Waals surface area contributed by atoms with Gasteiger partial charge in [0.15, 0.2) is 0 Å². The van der Waals surface area contributed by atoms with E-state index < -0.39 is 0 Å². The van der Waals surface area contributed by atoms with Gasteiger partial charge in [0.2, 0.25) is 0 Å². The molecule has 0 aromatic heterocycles. The Kier molecular flexibility index (Phi) is 5.88. The molecule has 0 spiro atoms. The summed E-state index contributed by atoms with van der Waals surface area (Å²) in [6.45, 7) is 15.1. The Bertz CT molecular complexity index is 550. The highest BCUT2D eigenvalue weighted by Gasteiger charge is 2.60. The van der Waals surface area contributed by atoms with E-state index in [0.717, 1.165) is 24.2 Å². The van der Waals surface area contributed by atoms with Crippen molar-refractivity contribution in [3.63, 3.8) is 0 Å². The summed E-state index contributed by atoms with van der Waals surface area (Å²) in [7, 11) is 0. The van der Waals surface area contributed by atoms with E-state index in [1.54, 1.807) is 0 Å². The van der Waals surface area contributed by atoms with E-state index in [-0.39, 0.29) is 0 Å². The van der Waals surface area contributed by atoms with Crippen molar-refractivity contribution in [2.24, 2.45) is 39.9 Å². The fourth-order valence-corrected chi connectivity index (χ4v) is 7.74. The summed E-state index contributed by atoms with van der Waals surface area (Å²) < 4.78 is 0. The summed E-state index contributed by atoms with van der Waals surface area (Å²) in [5.74, 6) is 10.7. The molecule has 148 valence electrons. The van der Waals surface area contributed by atoms with Crippen LogP contribution in [-0.4, -0.2) is 0 Å². The van der Waals surface area contributed by atoms with Crippen LogP contribution in [0.15, 0.2) is 0 Å². The molecule has 0 aromatic rings. The maximum Gasteiger partial charge on any atom is 0.0208 e. The number of hydrogen-bond donors (Lipinski definition) is 0. The first kappa shape index (κ1) is 20.3. The lowest BCUT2D eigenvalue weighted by atomic mass is 9.39. The van der Waals surface area contributed by atoms with E-state index >= 15 is 0 Å². The summed E-state index contributed by atoms with van der Waals surface area (Å²) in [5.41, 5.74) is 1.68. The molecule has 0 bridgehead atoms. The van der Waals surface area contributed by atoms with Crippen molar-refractivity contribution in [3.05, 3.63) is 0 Å². The minimum Gasteiger partial charge on any atom is -0.103 e. The molecule has 3 fully saturated rings. The number of fused-ring (bicyclic) bond motifs is 3. The van der Waals surface area contributed by atoms with E-state index in [1.807, 2.05) is 0 Å². The van der Waals surface area contributed by atoms with Crippen LogP contribution in [0.1, 0.15) is 112 Å². The Morgan fingerprint density at radius 3 is 2.35 bits per heavy atom. The van der Waals surface area contributed by atoms with Crippen molar-refractivity contribution < 1.29 is 0 Å². The van der Waals surface area contributed by atoms with E-state index in [0.29, 0.717) is 22.2 Å². The first-order valence-corrected chi connectivity index (χ1v) is 11.8. The molecule has 3 aliphatic carbocycles. The van der Waals surface area contributed by atoms with Gasteiger partial charge in [-0.05, 0) is 85.4 Å². The number of hydrogen-bond acceptors (Lipinski definition) is 0. The van der Waals surface area contributed by atoms with E-state index in [2.05, 4.69) is 53.4 Å². The summed E-state index contributed by atoms with van der Waals surface area (Å²) in [6.07, 6.45) is 15.1. The van der Waals surface area contributed by atoms with Crippen molar-refractivity contribution in [1.29, 1.82) is 0 Å². The maximum atomic E-state index is 3.66. The molecule has 0 saturated heterocycles. The Hall–Kier alpha value is -0.440. The molecule has 4 unspecified atom stereocenters. The third-order valence-electron chi connectivity index (χ3n) is 9.82. The molecule has 0 aromatic carbocycles. The highest BCUT2D eigenvalue weighted by molar-refractivity contribution is 5.14. The lowest BCUT2D eigenvalue weighted by molar-refractivity contribution is -0.159. The second-order valence-corrected chi connectivity index (χ2v) is 10.9. The lowest BCUT2D eigenvalue weighted by Crippen LogP contribution is -2.57. The highest BCUT2D eigenvalue weighted by atomic mass is 14.6. The highest BCUT2D eigenvalue weighted by Crippen LogP contribution is 2.68. The first-order chi connectivity index (χ1) is 12.3. The van der Waals surface area contributed by atoms with Gasteiger partial charge in [-0.25, -0.2) is 0 Å². The molecule has 0 nitrogen and oxygen atoms in total. The summed E-state index contributed by atoms with van der Waals surface area (Å²) in [6, 6.07) is 0. The van der Waals surface area contributed by atoms with Crippen LogP contribution in [0.2, 0.25) is 0 Å². The van der Waals surface area contributed by atoms with Gasteiger partial charge in [-0.15, -0.1) is 5.92 Å². The zero-order valence-corrected chi connectivity index (χ0v) is 18.6. The lowest BCUT2D eigenvalue weighted by Gasteiger charge is -2.65. The largest absolute Gasteiger partial charge is 0.103 e. The van der Waals surface area contributed by atoms with Gasteiger partial charge in [0.25, 0.3) is 0 Å². The van der Waals surface area contributed by atoms with Gasteiger partial charge in [0.05, 0.1) is 0 Å². The molecule has 0 heterocycles. The normalized spacial score (nSPS) is 48.1. The van der Waals surface area contributed by atoms with Gasteiger partial charge < -0.3 is 0 Å². The zero-order chi connectivity index (χ0) is 19.0. The van der Waals surface area contributed by atoms with Gasteiger partial charge in [-0.1, -0.05) is 60.3 Å². The van der Waals surface area contributed by atoms with Crippen LogP contribution in [0.4, 0.5) is 0 Å². The topological polar surface area (TPSA) is 0 Å². The molecule has 0 aliphatic heterocycles.